The van der Waals surface area contributed by atoms with Crippen molar-refractivity contribution in [3.05, 3.63) is 65.9 Å². The molecule has 0 saturated heterocycles. The van der Waals surface area contributed by atoms with Gasteiger partial charge in [0, 0.05) is 24.7 Å². The smallest absolute Gasteiger partial charge is 0.243 e. The Labute approximate surface area is 146 Å². The average Bonchev–Trinajstić information content (AvgIpc) is 2.99. The summed E-state index contributed by atoms with van der Waals surface area (Å²) in [7, 11) is 0. The molecule has 1 heterocycles. The van der Waals surface area contributed by atoms with Crippen LogP contribution in [0.4, 0.5) is 0 Å². The number of aromatic nitrogens is 1. The highest BCUT2D eigenvalue weighted by molar-refractivity contribution is 5.83. The van der Waals surface area contributed by atoms with E-state index in [9.17, 15) is 9.90 Å². The van der Waals surface area contributed by atoms with Gasteiger partial charge in [-0.25, -0.2) is 5.48 Å². The second kappa shape index (κ2) is 7.85. The number of fused-ring (bicyclic) bond motifs is 1. The minimum Gasteiger partial charge on any atom is -0.494 e. The van der Waals surface area contributed by atoms with Crippen molar-refractivity contribution in [1.82, 2.24) is 10.0 Å². The number of carbonyl (C=O) groups excluding carboxylic acids is 1. The third-order valence-electron chi connectivity index (χ3n) is 4.44. The molecule has 0 unspecified atom stereocenters. The zero-order valence-electron chi connectivity index (χ0n) is 14.0. The third-order valence-corrected chi connectivity index (χ3v) is 4.44. The fourth-order valence-corrected chi connectivity index (χ4v) is 3.04. The molecule has 5 nitrogen and oxygen atoms in total. The summed E-state index contributed by atoms with van der Waals surface area (Å²) >= 11 is 0. The number of rotatable bonds is 7. The number of nitrogens with zero attached hydrogens (tertiary/aromatic N) is 1. The first kappa shape index (κ1) is 17.0. The predicted octanol–water partition coefficient (Wildman–Crippen LogP) is 3.42. The lowest BCUT2D eigenvalue weighted by atomic mass is 10.0. The lowest BCUT2D eigenvalue weighted by molar-refractivity contribution is -0.129. The molecule has 5 heteroatoms. The molecule has 0 bridgehead atoms. The maximum atomic E-state index is 11.1. The zero-order chi connectivity index (χ0) is 17.6. The number of aromatic hydroxyl groups is 1. The van der Waals surface area contributed by atoms with E-state index in [0.29, 0.717) is 18.5 Å². The van der Waals surface area contributed by atoms with Crippen LogP contribution in [-0.4, -0.2) is 20.8 Å². The lowest BCUT2D eigenvalue weighted by Crippen LogP contribution is -2.18. The normalized spacial score (nSPS) is 10.9. The summed E-state index contributed by atoms with van der Waals surface area (Å²) in [6.07, 6.45) is 4.23. The van der Waals surface area contributed by atoms with Crippen LogP contribution in [-0.2, 0) is 24.2 Å². The summed E-state index contributed by atoms with van der Waals surface area (Å²) < 4.78 is 1.80. The van der Waals surface area contributed by atoms with Crippen molar-refractivity contribution in [3.63, 3.8) is 0 Å². The summed E-state index contributed by atoms with van der Waals surface area (Å²) in [4.78, 5) is 11.1. The van der Waals surface area contributed by atoms with E-state index >= 15 is 0 Å². The molecule has 2 aromatic carbocycles. The van der Waals surface area contributed by atoms with Gasteiger partial charge in [0.15, 0.2) is 5.88 Å². The van der Waals surface area contributed by atoms with Gasteiger partial charge in [0.05, 0.1) is 0 Å². The van der Waals surface area contributed by atoms with Crippen molar-refractivity contribution in [2.24, 2.45) is 0 Å². The van der Waals surface area contributed by atoms with Crippen LogP contribution >= 0.6 is 0 Å². The summed E-state index contributed by atoms with van der Waals surface area (Å²) in [6.45, 7) is 0.713. The second-order valence-electron chi connectivity index (χ2n) is 6.18. The summed E-state index contributed by atoms with van der Waals surface area (Å²) in [5.41, 5.74) is 3.60. The van der Waals surface area contributed by atoms with Crippen LogP contribution in [0.3, 0.4) is 0 Å². The molecule has 1 aromatic heterocycles. The molecule has 0 radical (unpaired) electrons. The van der Waals surface area contributed by atoms with Crippen LogP contribution in [0.25, 0.3) is 10.8 Å². The average molecular weight is 338 g/mol. The molecule has 0 spiro atoms. The third kappa shape index (κ3) is 4.19. The standard InChI is InChI=1S/C20H22N2O3/c23-19(21-25)10-9-17-11-13-22(20(17)24)12-3-4-15-7-8-16-5-1-2-6-18(16)14-15/h1-2,5-8,11,13-14,24-25H,3-4,9-10,12H2,(H,21,23). The fourth-order valence-electron chi connectivity index (χ4n) is 3.04. The summed E-state index contributed by atoms with van der Waals surface area (Å²) in [5, 5.41) is 21.2. The Balaban J connectivity index is 1.56. The number of benzene rings is 2. The molecule has 3 aromatic rings. The van der Waals surface area contributed by atoms with E-state index in [0.717, 1.165) is 12.8 Å². The SMILES string of the molecule is O=C(CCc1ccn(CCCc2ccc3ccccc3c2)c1O)NO. The van der Waals surface area contributed by atoms with Crippen molar-refractivity contribution in [2.75, 3.05) is 0 Å². The van der Waals surface area contributed by atoms with Crippen molar-refractivity contribution < 1.29 is 15.1 Å². The molecule has 0 fully saturated rings. The highest BCUT2D eigenvalue weighted by Gasteiger charge is 2.09. The van der Waals surface area contributed by atoms with E-state index in [1.165, 1.54) is 16.3 Å². The number of carbonyl (C=O) groups is 1. The molecule has 0 atom stereocenters. The van der Waals surface area contributed by atoms with Gasteiger partial charge in [-0.2, -0.15) is 0 Å². The van der Waals surface area contributed by atoms with Crippen molar-refractivity contribution in [3.8, 4) is 5.88 Å². The fraction of sp³-hybridized carbons (Fsp3) is 0.250. The minimum atomic E-state index is -0.455. The Kier molecular flexibility index (Phi) is 5.36. The van der Waals surface area contributed by atoms with E-state index in [1.54, 1.807) is 10.0 Å². The molecule has 1 amide bonds. The molecule has 0 aliphatic rings. The number of nitrogens with one attached hydrogen (secondary N) is 1. The van der Waals surface area contributed by atoms with Crippen LogP contribution in [0.5, 0.6) is 5.88 Å². The molecule has 0 saturated carbocycles. The van der Waals surface area contributed by atoms with Gasteiger partial charge in [-0.1, -0.05) is 42.5 Å². The Bertz CT molecular complexity index is 870. The van der Waals surface area contributed by atoms with E-state index < -0.39 is 5.91 Å². The topological polar surface area (TPSA) is 74.5 Å². The van der Waals surface area contributed by atoms with Crippen LogP contribution in [0.15, 0.2) is 54.7 Å². The second-order valence-corrected chi connectivity index (χ2v) is 6.18. The number of amides is 1. The summed E-state index contributed by atoms with van der Waals surface area (Å²) in [6, 6.07) is 16.6. The molecule has 3 rings (SSSR count). The molecular weight excluding hydrogens is 316 g/mol. The Morgan fingerprint density at radius 2 is 1.84 bits per heavy atom. The van der Waals surface area contributed by atoms with E-state index in [-0.39, 0.29) is 12.3 Å². The lowest BCUT2D eigenvalue weighted by Gasteiger charge is -2.07. The quantitative estimate of drug-likeness (QED) is 0.456. The van der Waals surface area contributed by atoms with Crippen LogP contribution in [0.1, 0.15) is 24.0 Å². The Morgan fingerprint density at radius 3 is 2.64 bits per heavy atom. The van der Waals surface area contributed by atoms with Gasteiger partial charge < -0.3 is 9.67 Å². The maximum absolute atomic E-state index is 11.1. The van der Waals surface area contributed by atoms with E-state index in [4.69, 9.17) is 5.21 Å². The van der Waals surface area contributed by atoms with Crippen LogP contribution < -0.4 is 5.48 Å². The highest BCUT2D eigenvalue weighted by Crippen LogP contribution is 2.22. The molecule has 25 heavy (non-hydrogen) atoms. The summed E-state index contributed by atoms with van der Waals surface area (Å²) in [5.74, 6) is -0.257. The molecule has 3 N–H and O–H groups in total. The molecule has 130 valence electrons. The first-order valence-corrected chi connectivity index (χ1v) is 8.45. The zero-order valence-corrected chi connectivity index (χ0v) is 14.0. The molecule has 0 aliphatic carbocycles. The van der Waals surface area contributed by atoms with Gasteiger partial charge in [-0.15, -0.1) is 0 Å². The molecule has 0 aliphatic heterocycles. The van der Waals surface area contributed by atoms with Crippen molar-refractivity contribution in [1.29, 1.82) is 0 Å². The monoisotopic (exact) mass is 338 g/mol. The van der Waals surface area contributed by atoms with Crippen LogP contribution in [0.2, 0.25) is 0 Å². The van der Waals surface area contributed by atoms with Gasteiger partial charge in [0.25, 0.3) is 0 Å². The Hall–Kier alpha value is -2.79. The number of hydroxylamine groups is 1. The van der Waals surface area contributed by atoms with Gasteiger partial charge >= 0.3 is 0 Å². The first-order chi connectivity index (χ1) is 12.2. The van der Waals surface area contributed by atoms with Crippen molar-refractivity contribution in [2.45, 2.75) is 32.2 Å². The Morgan fingerprint density at radius 1 is 1.04 bits per heavy atom. The van der Waals surface area contributed by atoms with Crippen LogP contribution in [0, 0.1) is 0 Å². The minimum absolute atomic E-state index is 0.144. The number of hydrogen-bond acceptors (Lipinski definition) is 3. The molecular formula is C20H22N2O3. The first-order valence-electron chi connectivity index (χ1n) is 8.45. The predicted molar refractivity (Wildman–Crippen MR) is 96.6 cm³/mol. The van der Waals surface area contributed by atoms with Gasteiger partial charge in [-0.3, -0.25) is 10.0 Å². The van der Waals surface area contributed by atoms with Crippen molar-refractivity contribution >= 4 is 16.7 Å². The largest absolute Gasteiger partial charge is 0.494 e. The number of aryl methyl sites for hydroxylation is 3. The van der Waals surface area contributed by atoms with Gasteiger partial charge in [0.2, 0.25) is 5.91 Å². The van der Waals surface area contributed by atoms with Gasteiger partial charge in [0.1, 0.15) is 0 Å². The van der Waals surface area contributed by atoms with E-state index in [1.807, 2.05) is 24.4 Å². The van der Waals surface area contributed by atoms with Gasteiger partial charge in [-0.05, 0) is 41.7 Å². The van der Waals surface area contributed by atoms with E-state index in [2.05, 4.69) is 30.3 Å². The maximum Gasteiger partial charge on any atom is 0.243 e. The number of hydrogen-bond donors (Lipinski definition) is 3. The highest BCUT2D eigenvalue weighted by atomic mass is 16.5.